The summed E-state index contributed by atoms with van der Waals surface area (Å²) in [5.74, 6) is 6.15. The molecule has 1 unspecified atom stereocenters. The van der Waals surface area contributed by atoms with Gasteiger partial charge < -0.3 is 10.3 Å². The number of nitrogen functional groups attached to an aromatic ring is 1. The third-order valence-electron chi connectivity index (χ3n) is 3.37. The van der Waals surface area contributed by atoms with Gasteiger partial charge in [-0.2, -0.15) is 11.8 Å². The summed E-state index contributed by atoms with van der Waals surface area (Å²) in [5.41, 5.74) is 3.15. The summed E-state index contributed by atoms with van der Waals surface area (Å²) in [5, 5.41) is -0.792. The molecule has 1 amide bonds. The van der Waals surface area contributed by atoms with Crippen molar-refractivity contribution in [2.45, 2.75) is 12.3 Å². The number of hydrogen-bond donors (Lipinski definition) is 2. The van der Waals surface area contributed by atoms with E-state index in [0.29, 0.717) is 23.7 Å². The van der Waals surface area contributed by atoms with Crippen LogP contribution in [-0.2, 0) is 9.84 Å². The monoisotopic (exact) mass is 330 g/mol. The minimum Gasteiger partial charge on any atom is -0.323 e. The lowest BCUT2D eigenvalue weighted by Crippen LogP contribution is -2.50. The normalized spacial score (nSPS) is 19.3. The van der Waals surface area contributed by atoms with E-state index in [4.69, 9.17) is 5.84 Å². The topological polar surface area (TPSA) is 105 Å². The maximum atomic E-state index is 12.7. The van der Waals surface area contributed by atoms with Crippen molar-refractivity contribution in [3.8, 4) is 0 Å². The zero-order valence-electron chi connectivity index (χ0n) is 11.7. The molecule has 0 radical (unpaired) electrons. The molecule has 0 bridgehead atoms. The number of hydrazine groups is 1. The number of rotatable bonds is 4. The van der Waals surface area contributed by atoms with E-state index in [2.05, 4.69) is 10.4 Å². The van der Waals surface area contributed by atoms with E-state index >= 15 is 0 Å². The van der Waals surface area contributed by atoms with Crippen LogP contribution in [-0.4, -0.2) is 53.4 Å². The van der Waals surface area contributed by atoms with Crippen LogP contribution in [0.15, 0.2) is 18.5 Å². The van der Waals surface area contributed by atoms with Gasteiger partial charge in [-0.25, -0.2) is 8.42 Å². The number of aromatic nitrogens is 1. The number of carbonyl (C=O) groups excluding carboxylic acids is 1. The number of nitrogens with zero attached hydrogens (tertiary/aromatic N) is 2. The highest BCUT2D eigenvalue weighted by Gasteiger charge is 2.36. The molecule has 21 heavy (non-hydrogen) atoms. The molecule has 1 aliphatic heterocycles. The number of carbonyl (C=O) groups is 1. The van der Waals surface area contributed by atoms with Gasteiger partial charge in [0.2, 0.25) is 0 Å². The lowest BCUT2D eigenvalue weighted by Gasteiger charge is -2.34. The molecule has 0 aromatic carbocycles. The Morgan fingerprint density at radius 2 is 2.38 bits per heavy atom. The van der Waals surface area contributed by atoms with Gasteiger partial charge in [0.1, 0.15) is 5.37 Å². The molecule has 116 valence electrons. The van der Waals surface area contributed by atoms with Gasteiger partial charge >= 0.3 is 0 Å². The van der Waals surface area contributed by atoms with Crippen LogP contribution in [0.5, 0.6) is 0 Å². The Kier molecular flexibility index (Phi) is 5.07. The van der Waals surface area contributed by atoms with Crippen LogP contribution >= 0.6 is 11.8 Å². The van der Waals surface area contributed by atoms with E-state index in [9.17, 15) is 13.2 Å². The number of hydrogen-bond acceptors (Lipinski definition) is 7. The predicted molar refractivity (Wildman–Crippen MR) is 83.7 cm³/mol. The Hall–Kier alpha value is -1.32. The van der Waals surface area contributed by atoms with E-state index in [1.54, 1.807) is 24.8 Å². The van der Waals surface area contributed by atoms with Gasteiger partial charge in [-0.1, -0.05) is 6.92 Å². The van der Waals surface area contributed by atoms with E-state index in [1.165, 1.54) is 17.3 Å². The summed E-state index contributed by atoms with van der Waals surface area (Å²) >= 11 is 1.54. The summed E-state index contributed by atoms with van der Waals surface area (Å²) in [4.78, 5) is 18.0. The van der Waals surface area contributed by atoms with Crippen LogP contribution in [0.1, 0.15) is 17.3 Å². The van der Waals surface area contributed by atoms with Crippen molar-refractivity contribution >= 4 is 33.2 Å². The van der Waals surface area contributed by atoms with E-state index in [1.807, 2.05) is 0 Å². The summed E-state index contributed by atoms with van der Waals surface area (Å²) in [6, 6.07) is 1.58. The van der Waals surface area contributed by atoms with Gasteiger partial charge in [0, 0.05) is 36.2 Å². The van der Waals surface area contributed by atoms with Crippen LogP contribution < -0.4 is 11.3 Å². The van der Waals surface area contributed by atoms with E-state index < -0.39 is 15.2 Å². The van der Waals surface area contributed by atoms with Gasteiger partial charge in [0.05, 0.1) is 11.3 Å². The first-order valence-electron chi connectivity index (χ1n) is 6.52. The fourth-order valence-electron chi connectivity index (χ4n) is 2.15. The first-order chi connectivity index (χ1) is 10.0. The third kappa shape index (κ3) is 3.30. The number of nitrogens with two attached hydrogens (primary N) is 1. The van der Waals surface area contributed by atoms with E-state index in [0.717, 1.165) is 0 Å². The molecule has 1 aromatic rings. The highest BCUT2D eigenvalue weighted by molar-refractivity contribution is 8.01. The highest BCUT2D eigenvalue weighted by Crippen LogP contribution is 2.25. The van der Waals surface area contributed by atoms with Crippen molar-refractivity contribution in [3.05, 3.63) is 24.0 Å². The van der Waals surface area contributed by atoms with Crippen LogP contribution in [0.2, 0.25) is 0 Å². The summed E-state index contributed by atoms with van der Waals surface area (Å²) in [6.45, 7) is 1.99. The minimum absolute atomic E-state index is 0.0110. The molecule has 9 heteroatoms. The Balaban J connectivity index is 2.35. The Morgan fingerprint density at radius 3 is 3.05 bits per heavy atom. The zero-order valence-corrected chi connectivity index (χ0v) is 13.3. The second-order valence-corrected chi connectivity index (χ2v) is 8.14. The first kappa shape index (κ1) is 16.1. The number of sulfone groups is 1. The molecule has 0 aliphatic carbocycles. The number of nitrogens with one attached hydrogen (secondary N) is 1. The molecule has 0 spiro atoms. The highest BCUT2D eigenvalue weighted by atomic mass is 32.2. The van der Waals surface area contributed by atoms with Crippen LogP contribution in [0.25, 0.3) is 0 Å². The molecule has 2 rings (SSSR count). The van der Waals surface area contributed by atoms with Gasteiger partial charge in [0.15, 0.2) is 9.84 Å². The molecule has 3 N–H and O–H groups in total. The lowest BCUT2D eigenvalue weighted by molar-refractivity contribution is 0.0750. The van der Waals surface area contributed by atoms with Gasteiger partial charge in [-0.3, -0.25) is 15.6 Å². The smallest absolute Gasteiger partial charge is 0.258 e. The fourth-order valence-corrected chi connectivity index (χ4v) is 5.11. The standard InChI is InChI=1S/C12H18N4O3S2/c1-2-21(18,19)11-8-20-6-5-16(11)12(17)9-7-14-4-3-10(9)15-13/h3-4,7,11H,2,5-6,8,13H2,1H3,(H,14,15). The summed E-state index contributed by atoms with van der Waals surface area (Å²) in [7, 11) is -3.33. The quantitative estimate of drug-likeness (QED) is 0.605. The van der Waals surface area contributed by atoms with Crippen LogP contribution in [0.4, 0.5) is 5.69 Å². The lowest BCUT2D eigenvalue weighted by atomic mass is 10.2. The first-order valence-corrected chi connectivity index (χ1v) is 9.39. The Labute approximate surface area is 128 Å². The van der Waals surface area contributed by atoms with Crippen molar-refractivity contribution in [1.29, 1.82) is 0 Å². The third-order valence-corrected chi connectivity index (χ3v) is 6.66. The van der Waals surface area contributed by atoms with Crippen LogP contribution in [0, 0.1) is 0 Å². The zero-order chi connectivity index (χ0) is 15.5. The fraction of sp³-hybridized carbons (Fsp3) is 0.500. The average molecular weight is 330 g/mol. The van der Waals surface area contributed by atoms with Crippen molar-refractivity contribution in [2.75, 3.05) is 29.2 Å². The SMILES string of the molecule is CCS(=O)(=O)C1CSCCN1C(=O)c1cnccc1NN. The van der Waals surface area contributed by atoms with Gasteiger partial charge in [0.25, 0.3) is 5.91 Å². The minimum atomic E-state index is -3.33. The van der Waals surface area contributed by atoms with Crippen molar-refractivity contribution in [3.63, 3.8) is 0 Å². The molecule has 1 saturated heterocycles. The van der Waals surface area contributed by atoms with E-state index in [-0.39, 0.29) is 17.2 Å². The summed E-state index contributed by atoms with van der Waals surface area (Å²) < 4.78 is 24.4. The number of anilines is 1. The maximum Gasteiger partial charge on any atom is 0.258 e. The molecule has 7 nitrogen and oxygen atoms in total. The maximum absolute atomic E-state index is 12.7. The van der Waals surface area contributed by atoms with Crippen molar-refractivity contribution in [2.24, 2.45) is 5.84 Å². The predicted octanol–water partition coefficient (Wildman–Crippen LogP) is 0.317. The Bertz CT molecular complexity index is 621. The number of pyridine rings is 1. The van der Waals surface area contributed by atoms with Crippen molar-refractivity contribution in [1.82, 2.24) is 9.88 Å². The Morgan fingerprint density at radius 1 is 1.62 bits per heavy atom. The molecular formula is C12H18N4O3S2. The average Bonchev–Trinajstić information content (AvgIpc) is 2.54. The molecular weight excluding hydrogens is 312 g/mol. The molecule has 1 aromatic heterocycles. The number of amides is 1. The molecule has 1 fully saturated rings. The van der Waals surface area contributed by atoms with Crippen LogP contribution in [0.3, 0.4) is 0 Å². The van der Waals surface area contributed by atoms with Gasteiger partial charge in [-0.05, 0) is 6.07 Å². The molecule has 2 heterocycles. The number of thioether (sulfide) groups is 1. The molecule has 0 saturated carbocycles. The summed E-state index contributed by atoms with van der Waals surface area (Å²) in [6.07, 6.45) is 2.91. The van der Waals surface area contributed by atoms with Crippen molar-refractivity contribution < 1.29 is 13.2 Å². The molecule has 1 atom stereocenters. The van der Waals surface area contributed by atoms with Gasteiger partial charge in [-0.15, -0.1) is 0 Å². The molecule has 1 aliphatic rings. The second-order valence-electron chi connectivity index (χ2n) is 4.55. The second kappa shape index (κ2) is 6.63. The largest absolute Gasteiger partial charge is 0.323 e.